The Hall–Kier alpha value is -3.04. The van der Waals surface area contributed by atoms with Gasteiger partial charge in [0, 0.05) is 36.9 Å². The van der Waals surface area contributed by atoms with Crippen molar-refractivity contribution >= 4 is 23.0 Å². The average molecular weight is 436 g/mol. The Bertz CT molecular complexity index is 961. The van der Waals surface area contributed by atoms with Crippen molar-refractivity contribution in [3.05, 3.63) is 53.6 Å². The molecule has 3 rings (SSSR count). The van der Waals surface area contributed by atoms with Crippen LogP contribution in [0.15, 0.2) is 42.5 Å². The molecule has 1 atom stereocenters. The fourth-order valence-corrected chi connectivity index (χ4v) is 4.43. The zero-order chi connectivity index (χ0) is 23.1. The number of rotatable bonds is 9. The van der Waals surface area contributed by atoms with Crippen LogP contribution in [0.3, 0.4) is 0 Å². The van der Waals surface area contributed by atoms with Crippen LogP contribution in [0.2, 0.25) is 0 Å². The topological polar surface area (TPSA) is 85.6 Å². The Morgan fingerprint density at radius 2 is 1.91 bits per heavy atom. The minimum atomic E-state index is -0.794. The number of nitriles is 1. The molecule has 0 aliphatic carbocycles. The van der Waals surface area contributed by atoms with Gasteiger partial charge in [0.05, 0.1) is 29.4 Å². The largest absolute Gasteiger partial charge is 0.481 e. The van der Waals surface area contributed by atoms with Gasteiger partial charge in [0.1, 0.15) is 0 Å². The number of carboxylic acids is 1. The average Bonchev–Trinajstić information content (AvgIpc) is 2.81. The molecule has 2 aromatic rings. The van der Waals surface area contributed by atoms with Crippen molar-refractivity contribution in [3.63, 3.8) is 0 Å². The van der Waals surface area contributed by atoms with Crippen LogP contribution in [0.4, 0.5) is 17.1 Å². The van der Waals surface area contributed by atoms with E-state index < -0.39 is 11.4 Å². The van der Waals surface area contributed by atoms with Crippen molar-refractivity contribution in [1.29, 1.82) is 5.26 Å². The lowest BCUT2D eigenvalue weighted by Crippen LogP contribution is -2.39. The summed E-state index contributed by atoms with van der Waals surface area (Å²) in [6.07, 6.45) is 2.78. The number of anilines is 3. The second-order valence-electron chi connectivity index (χ2n) is 8.66. The summed E-state index contributed by atoms with van der Waals surface area (Å²) in [7, 11) is 0. The van der Waals surface area contributed by atoms with Gasteiger partial charge in [-0.05, 0) is 68.1 Å². The number of nitrogens with zero attached hydrogens (tertiary/aromatic N) is 2. The summed E-state index contributed by atoms with van der Waals surface area (Å²) < 4.78 is 5.57. The van der Waals surface area contributed by atoms with Crippen molar-refractivity contribution in [2.75, 3.05) is 30.0 Å². The third kappa shape index (κ3) is 5.41. The summed E-state index contributed by atoms with van der Waals surface area (Å²) in [6, 6.07) is 16.2. The van der Waals surface area contributed by atoms with Crippen LogP contribution in [0.25, 0.3) is 0 Å². The van der Waals surface area contributed by atoms with Gasteiger partial charge in [-0.15, -0.1) is 0 Å². The maximum atomic E-state index is 11.5. The van der Waals surface area contributed by atoms with Gasteiger partial charge in [-0.3, -0.25) is 4.79 Å². The highest BCUT2D eigenvalue weighted by atomic mass is 16.5. The molecule has 0 aromatic heterocycles. The number of carboxylic acid groups (broad SMARTS) is 1. The summed E-state index contributed by atoms with van der Waals surface area (Å²) >= 11 is 0. The monoisotopic (exact) mass is 435 g/mol. The summed E-state index contributed by atoms with van der Waals surface area (Å²) in [5.74, 6) is -0.794. The van der Waals surface area contributed by atoms with E-state index >= 15 is 0 Å². The highest BCUT2D eigenvalue weighted by Crippen LogP contribution is 2.39. The highest BCUT2D eigenvalue weighted by molar-refractivity contribution is 5.77. The van der Waals surface area contributed by atoms with E-state index in [0.717, 1.165) is 61.6 Å². The second-order valence-corrected chi connectivity index (χ2v) is 8.66. The minimum Gasteiger partial charge on any atom is -0.481 e. The van der Waals surface area contributed by atoms with E-state index in [9.17, 15) is 9.90 Å². The molecule has 6 nitrogen and oxygen atoms in total. The van der Waals surface area contributed by atoms with Gasteiger partial charge >= 0.3 is 5.97 Å². The highest BCUT2D eigenvalue weighted by Gasteiger charge is 2.30. The molecule has 6 heteroatoms. The number of ether oxygens (including phenoxy) is 1. The van der Waals surface area contributed by atoms with Crippen LogP contribution >= 0.6 is 0 Å². The van der Waals surface area contributed by atoms with Crippen LogP contribution in [-0.4, -0.2) is 36.9 Å². The molecule has 0 radical (unpaired) electrons. The molecule has 2 N–H and O–H groups in total. The fourth-order valence-electron chi connectivity index (χ4n) is 4.43. The van der Waals surface area contributed by atoms with Crippen LogP contribution in [-0.2, 0) is 14.9 Å². The van der Waals surface area contributed by atoms with Crippen molar-refractivity contribution in [3.8, 4) is 6.07 Å². The maximum Gasteiger partial charge on any atom is 0.304 e. The number of aliphatic carboxylic acids is 1. The molecule has 1 fully saturated rings. The Kier molecular flexibility index (Phi) is 7.76. The summed E-state index contributed by atoms with van der Waals surface area (Å²) in [6.45, 7) is 8.61. The molecular formula is C26H33N3O3. The third-order valence-corrected chi connectivity index (χ3v) is 6.59. The van der Waals surface area contributed by atoms with Crippen molar-refractivity contribution < 1.29 is 14.6 Å². The molecule has 1 saturated heterocycles. The lowest BCUT2D eigenvalue weighted by molar-refractivity contribution is -0.138. The van der Waals surface area contributed by atoms with E-state index in [1.54, 1.807) is 12.1 Å². The first-order valence-corrected chi connectivity index (χ1v) is 11.4. The van der Waals surface area contributed by atoms with Crippen LogP contribution in [0, 0.1) is 11.3 Å². The summed E-state index contributed by atoms with van der Waals surface area (Å²) in [5, 5.41) is 22.1. The first-order valence-electron chi connectivity index (χ1n) is 11.4. The van der Waals surface area contributed by atoms with Gasteiger partial charge in [-0.25, -0.2) is 0 Å². The van der Waals surface area contributed by atoms with E-state index in [0.29, 0.717) is 11.6 Å². The lowest BCUT2D eigenvalue weighted by Gasteiger charge is -2.37. The van der Waals surface area contributed by atoms with Crippen LogP contribution in [0.1, 0.15) is 57.6 Å². The number of carbonyl (C=O) groups is 1. The molecule has 2 aromatic carbocycles. The maximum absolute atomic E-state index is 11.5. The Morgan fingerprint density at radius 3 is 2.47 bits per heavy atom. The van der Waals surface area contributed by atoms with Crippen LogP contribution < -0.4 is 10.2 Å². The normalized spacial score (nSPS) is 16.1. The van der Waals surface area contributed by atoms with Gasteiger partial charge in [0.15, 0.2) is 0 Å². The van der Waals surface area contributed by atoms with Gasteiger partial charge in [-0.2, -0.15) is 5.26 Å². The number of benzene rings is 2. The molecule has 0 saturated carbocycles. The van der Waals surface area contributed by atoms with Crippen molar-refractivity contribution in [1.82, 2.24) is 0 Å². The first-order chi connectivity index (χ1) is 15.4. The molecule has 1 heterocycles. The summed E-state index contributed by atoms with van der Waals surface area (Å²) in [5.41, 5.74) is 4.10. The predicted octanol–water partition coefficient (Wildman–Crippen LogP) is 5.45. The Morgan fingerprint density at radius 1 is 1.22 bits per heavy atom. The van der Waals surface area contributed by atoms with E-state index in [1.165, 1.54) is 0 Å². The lowest BCUT2D eigenvalue weighted by atomic mass is 9.77. The third-order valence-electron chi connectivity index (χ3n) is 6.59. The molecule has 0 bridgehead atoms. The Labute approximate surface area is 190 Å². The molecule has 0 spiro atoms. The smallest absolute Gasteiger partial charge is 0.304 e. The fraction of sp³-hybridized carbons (Fsp3) is 0.462. The van der Waals surface area contributed by atoms with E-state index in [2.05, 4.69) is 41.4 Å². The van der Waals surface area contributed by atoms with Crippen molar-refractivity contribution in [2.24, 2.45) is 0 Å². The SMILES string of the molecule is CCN(c1ccc(C(C)(CC)CC(=O)O)cc1Nc1ccc(C#N)cc1)C1CCOCC1. The molecular weight excluding hydrogens is 402 g/mol. The van der Waals surface area contributed by atoms with Gasteiger partial charge in [0.2, 0.25) is 0 Å². The molecule has 170 valence electrons. The minimum absolute atomic E-state index is 0.0800. The predicted molar refractivity (Wildman–Crippen MR) is 128 cm³/mol. The van der Waals surface area contributed by atoms with Gasteiger partial charge in [-0.1, -0.05) is 19.9 Å². The van der Waals surface area contributed by atoms with Crippen molar-refractivity contribution in [2.45, 2.75) is 57.9 Å². The zero-order valence-corrected chi connectivity index (χ0v) is 19.2. The standard InChI is InChI=1S/C26H33N3O3/c1-4-26(3,17-25(30)31)20-8-11-24(29(5-2)22-12-14-32-15-13-22)23(16-20)28-21-9-6-19(18-27)7-10-21/h6-11,16,22,28H,4-5,12-15,17H2,1-3H3,(H,30,31). The quantitative estimate of drug-likeness (QED) is 0.545. The van der Waals surface area contributed by atoms with E-state index in [1.807, 2.05) is 26.0 Å². The Balaban J connectivity index is 2.04. The molecule has 1 aliphatic heterocycles. The van der Waals surface area contributed by atoms with E-state index in [-0.39, 0.29) is 6.42 Å². The number of nitrogens with one attached hydrogen (secondary N) is 1. The van der Waals surface area contributed by atoms with Crippen LogP contribution in [0.5, 0.6) is 0 Å². The second kappa shape index (κ2) is 10.5. The molecule has 1 unspecified atom stereocenters. The molecule has 1 aliphatic rings. The number of hydrogen-bond acceptors (Lipinski definition) is 5. The molecule has 32 heavy (non-hydrogen) atoms. The first kappa shape index (κ1) is 23.6. The number of hydrogen-bond donors (Lipinski definition) is 2. The zero-order valence-electron chi connectivity index (χ0n) is 19.2. The van der Waals surface area contributed by atoms with Gasteiger partial charge < -0.3 is 20.1 Å². The molecule has 0 amide bonds. The van der Waals surface area contributed by atoms with E-state index in [4.69, 9.17) is 10.00 Å². The summed E-state index contributed by atoms with van der Waals surface area (Å²) in [4.78, 5) is 14.0. The van der Waals surface area contributed by atoms with Gasteiger partial charge in [0.25, 0.3) is 0 Å².